The molecule has 8 heteroatoms. The van der Waals surface area contributed by atoms with Crippen LogP contribution in [-0.2, 0) is 13.0 Å². The minimum atomic E-state index is -0.181. The predicted octanol–water partition coefficient (Wildman–Crippen LogP) is 2.11. The van der Waals surface area contributed by atoms with Crippen LogP contribution in [-0.4, -0.2) is 37.0 Å². The van der Waals surface area contributed by atoms with E-state index in [2.05, 4.69) is 20.6 Å². The highest BCUT2D eigenvalue weighted by Crippen LogP contribution is 2.19. The van der Waals surface area contributed by atoms with E-state index in [-0.39, 0.29) is 5.91 Å². The lowest BCUT2D eigenvalue weighted by atomic mass is 10.3. The van der Waals surface area contributed by atoms with Crippen molar-refractivity contribution in [3.63, 3.8) is 0 Å². The van der Waals surface area contributed by atoms with E-state index in [1.807, 2.05) is 29.7 Å². The van der Waals surface area contributed by atoms with E-state index in [9.17, 15) is 4.79 Å². The van der Waals surface area contributed by atoms with Gasteiger partial charge in [0.25, 0.3) is 5.91 Å². The first kappa shape index (κ1) is 16.2. The lowest BCUT2D eigenvalue weighted by molar-refractivity contribution is 0.0952. The van der Waals surface area contributed by atoms with Gasteiger partial charge in [-0.3, -0.25) is 4.79 Å². The molecule has 124 valence electrons. The Hall–Kier alpha value is -2.67. The van der Waals surface area contributed by atoms with Gasteiger partial charge < -0.3 is 9.88 Å². The van der Waals surface area contributed by atoms with Crippen LogP contribution in [0.1, 0.15) is 23.1 Å². The first-order chi connectivity index (χ1) is 11.7. The van der Waals surface area contributed by atoms with Gasteiger partial charge >= 0.3 is 0 Å². The molecule has 3 rings (SSSR count). The third-order valence-corrected chi connectivity index (χ3v) is 3.91. The summed E-state index contributed by atoms with van der Waals surface area (Å²) in [7, 11) is 0. The molecular weight excluding hydrogens is 328 g/mol. The van der Waals surface area contributed by atoms with Crippen LogP contribution in [0.3, 0.4) is 0 Å². The van der Waals surface area contributed by atoms with E-state index in [1.165, 1.54) is 6.20 Å². The number of carbonyl (C=O) groups excluding carboxylic acids is 1. The van der Waals surface area contributed by atoms with E-state index in [4.69, 9.17) is 11.6 Å². The molecule has 0 saturated heterocycles. The Morgan fingerprint density at radius 1 is 1.33 bits per heavy atom. The predicted molar refractivity (Wildman–Crippen MR) is 90.3 cm³/mol. The number of aryl methyl sites for hydroxylation is 1. The topological polar surface area (TPSA) is 77.6 Å². The summed E-state index contributed by atoms with van der Waals surface area (Å²) in [6.45, 7) is 3.13. The monoisotopic (exact) mass is 344 g/mol. The van der Waals surface area contributed by atoms with Crippen molar-refractivity contribution in [1.82, 2.24) is 29.9 Å². The molecule has 0 bridgehead atoms. The summed E-state index contributed by atoms with van der Waals surface area (Å²) in [5.41, 5.74) is 1.21. The number of hydrogen-bond donors (Lipinski definition) is 1. The average molecular weight is 345 g/mol. The molecular formula is C16H17ClN6O. The van der Waals surface area contributed by atoms with Crippen LogP contribution in [0, 0.1) is 0 Å². The quantitative estimate of drug-likeness (QED) is 0.743. The lowest BCUT2D eigenvalue weighted by Crippen LogP contribution is -2.27. The van der Waals surface area contributed by atoms with Gasteiger partial charge in [-0.15, -0.1) is 10.2 Å². The first-order valence-corrected chi connectivity index (χ1v) is 8.01. The molecule has 1 amide bonds. The molecule has 24 heavy (non-hydrogen) atoms. The van der Waals surface area contributed by atoms with E-state index < -0.39 is 0 Å². The van der Waals surface area contributed by atoms with Gasteiger partial charge in [-0.25, -0.2) is 4.68 Å². The van der Waals surface area contributed by atoms with Crippen molar-refractivity contribution in [3.05, 3.63) is 59.4 Å². The van der Waals surface area contributed by atoms with Gasteiger partial charge in [0.15, 0.2) is 0 Å². The van der Waals surface area contributed by atoms with Crippen molar-refractivity contribution in [2.45, 2.75) is 19.9 Å². The zero-order chi connectivity index (χ0) is 16.9. The smallest absolute Gasteiger partial charge is 0.254 e. The second-order valence-electron chi connectivity index (χ2n) is 5.18. The van der Waals surface area contributed by atoms with E-state index >= 15 is 0 Å². The minimum Gasteiger partial charge on any atom is -0.350 e. The number of para-hydroxylation sites is 1. The summed E-state index contributed by atoms with van der Waals surface area (Å²) < 4.78 is 3.51. The largest absolute Gasteiger partial charge is 0.350 e. The van der Waals surface area contributed by atoms with Gasteiger partial charge in [-0.05, 0) is 12.1 Å². The number of nitrogens with one attached hydrogen (secondary N) is 1. The fraction of sp³-hybridized carbons (Fsp3) is 0.250. The number of amides is 1. The third kappa shape index (κ3) is 3.46. The summed E-state index contributed by atoms with van der Waals surface area (Å²) in [5, 5.41) is 15.5. The number of benzene rings is 1. The van der Waals surface area contributed by atoms with Crippen molar-refractivity contribution in [1.29, 1.82) is 0 Å². The molecule has 0 atom stereocenters. The molecule has 1 aromatic carbocycles. The number of carbonyl (C=O) groups is 1. The third-order valence-electron chi connectivity index (χ3n) is 3.59. The number of hydrogen-bond acceptors (Lipinski definition) is 4. The molecule has 0 saturated carbocycles. The molecule has 0 fully saturated rings. The Bertz CT molecular complexity index is 840. The fourth-order valence-electron chi connectivity index (χ4n) is 2.34. The molecule has 0 spiro atoms. The van der Waals surface area contributed by atoms with Gasteiger partial charge in [-0.1, -0.05) is 30.7 Å². The van der Waals surface area contributed by atoms with Gasteiger partial charge in [0.2, 0.25) is 0 Å². The Morgan fingerprint density at radius 2 is 2.17 bits per heavy atom. The maximum absolute atomic E-state index is 12.2. The van der Waals surface area contributed by atoms with Crippen molar-refractivity contribution >= 4 is 17.5 Å². The maximum Gasteiger partial charge on any atom is 0.254 e. The lowest BCUT2D eigenvalue weighted by Gasteiger charge is -2.06. The highest BCUT2D eigenvalue weighted by molar-refractivity contribution is 6.32. The Balaban J connectivity index is 1.61. The molecule has 2 heterocycles. The first-order valence-electron chi connectivity index (χ1n) is 7.63. The van der Waals surface area contributed by atoms with Crippen LogP contribution in [0.5, 0.6) is 0 Å². The Morgan fingerprint density at radius 3 is 2.96 bits per heavy atom. The molecule has 3 aromatic rings. The molecule has 0 unspecified atom stereocenters. The standard InChI is InChI=1S/C16H17ClN6O/c1-2-15-21-19-11-22(15)8-7-18-16(24)12-9-20-23(10-12)14-6-4-3-5-13(14)17/h3-6,9-11H,2,7-8H2,1H3,(H,18,24). The molecule has 0 aliphatic carbocycles. The maximum atomic E-state index is 12.2. The van der Waals surface area contributed by atoms with Crippen LogP contribution in [0.2, 0.25) is 5.02 Å². The van der Waals surface area contributed by atoms with E-state index in [1.54, 1.807) is 23.3 Å². The summed E-state index contributed by atoms with van der Waals surface area (Å²) in [5.74, 6) is 0.718. The number of aromatic nitrogens is 5. The second-order valence-corrected chi connectivity index (χ2v) is 5.58. The summed E-state index contributed by atoms with van der Waals surface area (Å²) in [6.07, 6.45) is 5.65. The van der Waals surface area contributed by atoms with Gasteiger partial charge in [0.05, 0.1) is 22.5 Å². The van der Waals surface area contributed by atoms with E-state index in [0.29, 0.717) is 23.7 Å². The normalized spacial score (nSPS) is 10.8. The molecule has 2 aromatic heterocycles. The molecule has 0 aliphatic heterocycles. The van der Waals surface area contributed by atoms with Gasteiger partial charge in [0.1, 0.15) is 12.2 Å². The fourth-order valence-corrected chi connectivity index (χ4v) is 2.56. The van der Waals surface area contributed by atoms with Gasteiger partial charge in [0, 0.05) is 25.7 Å². The average Bonchev–Trinajstić information content (AvgIpc) is 3.24. The summed E-state index contributed by atoms with van der Waals surface area (Å²) in [4.78, 5) is 12.2. The van der Waals surface area contributed by atoms with Crippen LogP contribution in [0.15, 0.2) is 43.0 Å². The number of nitrogens with zero attached hydrogens (tertiary/aromatic N) is 5. The van der Waals surface area contributed by atoms with Crippen molar-refractivity contribution in [2.24, 2.45) is 0 Å². The molecule has 0 aliphatic rings. The van der Waals surface area contributed by atoms with Crippen molar-refractivity contribution in [3.8, 4) is 5.69 Å². The van der Waals surface area contributed by atoms with E-state index in [0.717, 1.165) is 17.9 Å². The highest BCUT2D eigenvalue weighted by Gasteiger charge is 2.11. The zero-order valence-corrected chi connectivity index (χ0v) is 13.9. The summed E-state index contributed by atoms with van der Waals surface area (Å²) in [6, 6.07) is 7.34. The van der Waals surface area contributed by atoms with Crippen molar-refractivity contribution in [2.75, 3.05) is 6.54 Å². The van der Waals surface area contributed by atoms with Gasteiger partial charge in [-0.2, -0.15) is 5.10 Å². The Kier molecular flexibility index (Phi) is 4.90. The number of halogens is 1. The van der Waals surface area contributed by atoms with Crippen LogP contribution >= 0.6 is 11.6 Å². The van der Waals surface area contributed by atoms with Crippen LogP contribution in [0.4, 0.5) is 0 Å². The SMILES string of the molecule is CCc1nncn1CCNC(=O)c1cnn(-c2ccccc2Cl)c1. The summed E-state index contributed by atoms with van der Waals surface area (Å²) >= 11 is 6.14. The second kappa shape index (κ2) is 7.27. The number of rotatable bonds is 6. The highest BCUT2D eigenvalue weighted by atomic mass is 35.5. The van der Waals surface area contributed by atoms with Crippen LogP contribution < -0.4 is 5.32 Å². The van der Waals surface area contributed by atoms with Crippen molar-refractivity contribution < 1.29 is 4.79 Å². The molecule has 1 N–H and O–H groups in total. The Labute approximate surface area is 144 Å². The zero-order valence-electron chi connectivity index (χ0n) is 13.2. The minimum absolute atomic E-state index is 0.181. The molecule has 0 radical (unpaired) electrons. The molecule has 7 nitrogen and oxygen atoms in total. The van der Waals surface area contributed by atoms with Crippen LogP contribution in [0.25, 0.3) is 5.69 Å².